The normalized spacial score (nSPS) is 20.5. The van der Waals surface area contributed by atoms with Gasteiger partial charge < -0.3 is 13.9 Å². The number of nitrogens with zero attached hydrogens (tertiary/aromatic N) is 1. The van der Waals surface area contributed by atoms with Gasteiger partial charge in [-0.2, -0.15) is 0 Å². The maximum Gasteiger partial charge on any atom is 0.308 e. The summed E-state index contributed by atoms with van der Waals surface area (Å²) >= 11 is 0. The van der Waals surface area contributed by atoms with E-state index in [1.54, 1.807) is 44.2 Å². The van der Waals surface area contributed by atoms with Gasteiger partial charge in [0.25, 0.3) is 6.02 Å². The maximum atomic E-state index is 14.8. The standard InChI is InChI=1S/C28H39FN2O6SSi/c1-19(32)36-21-15-13-20(14-16-21)25-28(5,6)37-26(31-38(25,33)34)30-24(22-11-9-10-12-23(22)29)17-18-35-39(7,8)27(2,3)4/h9-16,24-25H,17-18H2,1-8H3,(H,30,31)/t24-,25?/m0/s1. The number of carbonyl (C=O) groups is 1. The van der Waals surface area contributed by atoms with Crippen molar-refractivity contribution in [3.8, 4) is 5.75 Å². The number of carbonyl (C=O) groups excluding carboxylic acids is 1. The first-order valence-corrected chi connectivity index (χ1v) is 17.3. The monoisotopic (exact) mass is 578 g/mol. The molecule has 1 aliphatic heterocycles. The largest absolute Gasteiger partial charge is 0.457 e. The zero-order chi connectivity index (χ0) is 29.2. The number of amidine groups is 1. The second-order valence-electron chi connectivity index (χ2n) is 11.8. The van der Waals surface area contributed by atoms with Gasteiger partial charge in [0, 0.05) is 19.1 Å². The first kappa shape index (κ1) is 30.8. The number of ether oxygens (including phenoxy) is 2. The lowest BCUT2D eigenvalue weighted by molar-refractivity contribution is -0.131. The van der Waals surface area contributed by atoms with E-state index in [4.69, 9.17) is 13.9 Å². The lowest BCUT2D eigenvalue weighted by atomic mass is 9.97. The van der Waals surface area contributed by atoms with Crippen LogP contribution in [0.5, 0.6) is 5.75 Å². The summed E-state index contributed by atoms with van der Waals surface area (Å²) in [6, 6.07) is 11.6. The predicted octanol–water partition coefficient (Wildman–Crippen LogP) is 6.03. The Kier molecular flexibility index (Phi) is 8.98. The van der Waals surface area contributed by atoms with Crippen LogP contribution in [0.1, 0.15) is 70.4 Å². The Morgan fingerprint density at radius 3 is 2.31 bits per heavy atom. The second-order valence-corrected chi connectivity index (χ2v) is 18.3. The lowest BCUT2D eigenvalue weighted by Gasteiger charge is -2.39. The maximum absolute atomic E-state index is 14.8. The molecular weight excluding hydrogens is 539 g/mol. The Labute approximate surface area is 232 Å². The molecule has 0 radical (unpaired) electrons. The van der Waals surface area contributed by atoms with Gasteiger partial charge in [0.15, 0.2) is 8.32 Å². The quantitative estimate of drug-likeness (QED) is 0.233. The van der Waals surface area contributed by atoms with E-state index in [-0.39, 0.29) is 11.1 Å². The van der Waals surface area contributed by atoms with E-state index >= 15 is 0 Å². The number of aliphatic imine (C=N–C) groups is 1. The van der Waals surface area contributed by atoms with Gasteiger partial charge in [-0.3, -0.25) is 4.79 Å². The van der Waals surface area contributed by atoms with E-state index < -0.39 is 47.0 Å². The molecule has 0 spiro atoms. The molecule has 2 atom stereocenters. The highest BCUT2D eigenvalue weighted by Gasteiger charge is 2.48. The third kappa shape index (κ3) is 7.46. The fraction of sp³-hybridized carbons (Fsp3) is 0.500. The van der Waals surface area contributed by atoms with Crippen molar-refractivity contribution >= 4 is 30.3 Å². The molecular formula is C28H39FN2O6SSi. The number of nitrogens with one attached hydrogen (secondary N) is 1. The SMILES string of the molecule is CC(=O)Oc1ccc(C2C(C)(C)OC(=N[C@@H](CCO[Si](C)(C)C(C)(C)C)c3ccccc3F)NS2(=O)=O)cc1. The molecule has 2 aromatic rings. The van der Waals surface area contributed by atoms with Crippen LogP contribution in [0.4, 0.5) is 4.39 Å². The summed E-state index contributed by atoms with van der Waals surface area (Å²) in [6.45, 7) is 15.6. The molecule has 39 heavy (non-hydrogen) atoms. The number of halogens is 1. The fourth-order valence-electron chi connectivity index (χ4n) is 4.21. The van der Waals surface area contributed by atoms with Crippen LogP contribution in [-0.2, 0) is 24.0 Å². The second kappa shape index (κ2) is 11.4. The van der Waals surface area contributed by atoms with E-state index in [0.29, 0.717) is 29.9 Å². The molecule has 2 aromatic carbocycles. The summed E-state index contributed by atoms with van der Waals surface area (Å²) in [6.07, 6.45) is 0.337. The Balaban J connectivity index is 1.90. The molecule has 0 aliphatic carbocycles. The Hall–Kier alpha value is -2.76. The molecule has 1 unspecified atom stereocenters. The van der Waals surface area contributed by atoms with Crippen molar-refractivity contribution in [3.63, 3.8) is 0 Å². The lowest BCUT2D eigenvalue weighted by Crippen LogP contribution is -2.53. The number of rotatable bonds is 8. The molecule has 3 rings (SSSR count). The van der Waals surface area contributed by atoms with Gasteiger partial charge >= 0.3 is 5.97 Å². The topological polar surface area (TPSA) is 103 Å². The molecule has 0 aromatic heterocycles. The Morgan fingerprint density at radius 2 is 1.77 bits per heavy atom. The minimum Gasteiger partial charge on any atom is -0.457 e. The number of sulfonamides is 1. The molecule has 1 heterocycles. The van der Waals surface area contributed by atoms with Crippen molar-refractivity contribution in [2.24, 2.45) is 4.99 Å². The van der Waals surface area contributed by atoms with E-state index in [1.165, 1.54) is 25.1 Å². The molecule has 1 saturated heterocycles. The molecule has 11 heteroatoms. The average molecular weight is 579 g/mol. The van der Waals surface area contributed by atoms with E-state index in [2.05, 4.69) is 43.6 Å². The summed E-state index contributed by atoms with van der Waals surface area (Å²) in [5.74, 6) is -0.609. The van der Waals surface area contributed by atoms with Crippen LogP contribution in [-0.4, -0.2) is 40.9 Å². The summed E-state index contributed by atoms with van der Waals surface area (Å²) in [5, 5.41) is -1.08. The zero-order valence-corrected chi connectivity index (χ0v) is 25.7. The van der Waals surface area contributed by atoms with Crippen LogP contribution < -0.4 is 9.46 Å². The Bertz CT molecular complexity index is 1320. The first-order chi connectivity index (χ1) is 17.9. The molecule has 0 amide bonds. The summed E-state index contributed by atoms with van der Waals surface area (Å²) < 4.78 is 61.6. The highest BCUT2D eigenvalue weighted by Crippen LogP contribution is 2.40. The van der Waals surface area contributed by atoms with Crippen molar-refractivity contribution in [3.05, 3.63) is 65.5 Å². The zero-order valence-electron chi connectivity index (χ0n) is 23.9. The highest BCUT2D eigenvalue weighted by molar-refractivity contribution is 7.90. The summed E-state index contributed by atoms with van der Waals surface area (Å²) in [5.41, 5.74) is -0.438. The molecule has 1 aliphatic rings. The molecule has 1 fully saturated rings. The fourth-order valence-corrected chi connectivity index (χ4v) is 7.03. The summed E-state index contributed by atoms with van der Waals surface area (Å²) in [7, 11) is -6.06. The van der Waals surface area contributed by atoms with Gasteiger partial charge in [0.05, 0.1) is 6.04 Å². The molecule has 0 saturated carbocycles. The van der Waals surface area contributed by atoms with Gasteiger partial charge in [0.2, 0.25) is 10.0 Å². The number of esters is 1. The summed E-state index contributed by atoms with van der Waals surface area (Å²) in [4.78, 5) is 15.8. The number of hydrogen-bond donors (Lipinski definition) is 1. The highest BCUT2D eigenvalue weighted by atomic mass is 32.2. The molecule has 0 bridgehead atoms. The Morgan fingerprint density at radius 1 is 1.15 bits per heavy atom. The van der Waals surface area contributed by atoms with Crippen molar-refractivity contribution in [2.75, 3.05) is 6.61 Å². The third-order valence-corrected chi connectivity index (χ3v) is 13.6. The van der Waals surface area contributed by atoms with Gasteiger partial charge in [0.1, 0.15) is 22.4 Å². The third-order valence-electron chi connectivity index (χ3n) is 7.17. The smallest absolute Gasteiger partial charge is 0.308 e. The van der Waals surface area contributed by atoms with Gasteiger partial charge in [-0.1, -0.05) is 51.1 Å². The molecule has 8 nitrogen and oxygen atoms in total. The van der Waals surface area contributed by atoms with Crippen LogP contribution in [0, 0.1) is 5.82 Å². The number of hydrogen-bond acceptors (Lipinski definition) is 7. The molecule has 1 N–H and O–H groups in total. The predicted molar refractivity (Wildman–Crippen MR) is 152 cm³/mol. The van der Waals surface area contributed by atoms with Crippen molar-refractivity contribution < 1.29 is 31.5 Å². The van der Waals surface area contributed by atoms with Crippen molar-refractivity contribution in [1.29, 1.82) is 0 Å². The van der Waals surface area contributed by atoms with Crippen LogP contribution >= 0.6 is 0 Å². The van der Waals surface area contributed by atoms with Crippen molar-refractivity contribution in [2.45, 2.75) is 83.0 Å². The van der Waals surface area contributed by atoms with Crippen LogP contribution in [0.25, 0.3) is 0 Å². The minimum absolute atomic E-state index is 0.00390. The van der Waals surface area contributed by atoms with Gasteiger partial charge in [-0.15, -0.1) is 0 Å². The van der Waals surface area contributed by atoms with Gasteiger partial charge in [-0.25, -0.2) is 22.5 Å². The first-order valence-electron chi connectivity index (χ1n) is 12.9. The van der Waals surface area contributed by atoms with E-state index in [1.807, 2.05) is 0 Å². The van der Waals surface area contributed by atoms with Crippen molar-refractivity contribution in [1.82, 2.24) is 4.72 Å². The minimum atomic E-state index is -4.00. The van der Waals surface area contributed by atoms with Crippen LogP contribution in [0.2, 0.25) is 18.1 Å². The molecule has 214 valence electrons. The van der Waals surface area contributed by atoms with Gasteiger partial charge in [-0.05, 0) is 62.2 Å². The number of benzene rings is 2. The van der Waals surface area contributed by atoms with E-state index in [0.717, 1.165) is 0 Å². The average Bonchev–Trinajstić information content (AvgIpc) is 2.77. The van der Waals surface area contributed by atoms with Crippen LogP contribution in [0.3, 0.4) is 0 Å². The van der Waals surface area contributed by atoms with Crippen LogP contribution in [0.15, 0.2) is 53.5 Å². The van der Waals surface area contributed by atoms with E-state index in [9.17, 15) is 17.6 Å².